The number of allylic oxidation sites excluding steroid dienone is 1. The van der Waals surface area contributed by atoms with E-state index in [1.54, 1.807) is 0 Å². The second kappa shape index (κ2) is 12.9. The largest absolute Gasteiger partial charge is 0.460 e. The van der Waals surface area contributed by atoms with Crippen LogP contribution in [-0.2, 0) is 19.4 Å². The Bertz CT molecular complexity index is 2880. The fraction of sp³-hybridized carbons (Fsp3) is 0.104. The van der Waals surface area contributed by atoms with Gasteiger partial charge in [-0.05, 0) is 83.1 Å². The monoisotopic (exact) mass is 685 g/mol. The molecule has 5 heteroatoms. The number of rotatable bonds is 5. The molecule has 0 amide bonds. The summed E-state index contributed by atoms with van der Waals surface area (Å²) in [7, 11) is 0. The van der Waals surface area contributed by atoms with Crippen LogP contribution < -0.4 is 0 Å². The van der Waals surface area contributed by atoms with Crippen LogP contribution in [0.1, 0.15) is 41.1 Å². The van der Waals surface area contributed by atoms with Gasteiger partial charge in [-0.1, -0.05) is 115 Å². The minimum atomic E-state index is 0.495. The minimum Gasteiger partial charge on any atom is -0.460 e. The van der Waals surface area contributed by atoms with Crippen molar-refractivity contribution in [3.05, 3.63) is 167 Å². The number of aryl methyl sites for hydroxylation is 2. The van der Waals surface area contributed by atoms with Gasteiger partial charge >= 0.3 is 0 Å². The Balaban J connectivity index is 1.13. The summed E-state index contributed by atoms with van der Waals surface area (Å²) in [4.78, 5) is 15.0. The van der Waals surface area contributed by atoms with Gasteiger partial charge in [-0.25, -0.2) is 9.98 Å². The summed E-state index contributed by atoms with van der Waals surface area (Å²) >= 11 is 0. The van der Waals surface area contributed by atoms with Crippen molar-refractivity contribution < 1.29 is 8.83 Å². The van der Waals surface area contributed by atoms with Gasteiger partial charge in [0, 0.05) is 44.9 Å². The zero-order valence-corrected chi connectivity index (χ0v) is 29.2. The van der Waals surface area contributed by atoms with E-state index in [4.69, 9.17) is 18.8 Å². The Kier molecular flexibility index (Phi) is 7.57. The molecule has 8 aromatic rings. The van der Waals surface area contributed by atoms with E-state index in [1.807, 2.05) is 30.3 Å². The van der Waals surface area contributed by atoms with Gasteiger partial charge in [0.2, 0.25) is 0 Å². The fourth-order valence-corrected chi connectivity index (χ4v) is 8.09. The Morgan fingerprint density at radius 1 is 0.660 bits per heavy atom. The van der Waals surface area contributed by atoms with Crippen molar-refractivity contribution in [2.75, 3.05) is 0 Å². The number of fused-ring (bicyclic) bond motifs is 9. The quantitative estimate of drug-likeness (QED) is 0.134. The maximum atomic E-state index is 6.77. The Morgan fingerprint density at radius 3 is 2.30 bits per heavy atom. The van der Waals surface area contributed by atoms with Gasteiger partial charge < -0.3 is 8.83 Å². The van der Waals surface area contributed by atoms with Crippen LogP contribution >= 0.6 is 0 Å². The van der Waals surface area contributed by atoms with Crippen molar-refractivity contribution in [2.45, 2.75) is 32.2 Å². The third kappa shape index (κ3) is 5.44. The van der Waals surface area contributed by atoms with Crippen LogP contribution in [0.3, 0.4) is 0 Å². The number of nitrogens with zero attached hydrogens (tertiary/aromatic N) is 3. The zero-order valence-electron chi connectivity index (χ0n) is 29.2. The van der Waals surface area contributed by atoms with Gasteiger partial charge in [0.05, 0.1) is 6.54 Å². The number of para-hydroxylation sites is 1. The van der Waals surface area contributed by atoms with Crippen LogP contribution in [0.4, 0.5) is 0 Å². The maximum absolute atomic E-state index is 6.77. The van der Waals surface area contributed by atoms with E-state index in [-0.39, 0.29) is 0 Å². The zero-order chi connectivity index (χ0) is 35.3. The third-order valence-electron chi connectivity index (χ3n) is 10.6. The van der Waals surface area contributed by atoms with Crippen LogP contribution in [0.2, 0.25) is 0 Å². The molecule has 2 aliphatic rings. The molecule has 0 saturated carbocycles. The van der Waals surface area contributed by atoms with Gasteiger partial charge in [0.25, 0.3) is 0 Å². The summed E-state index contributed by atoms with van der Waals surface area (Å²) in [5, 5.41) is 6.90. The summed E-state index contributed by atoms with van der Waals surface area (Å²) < 4.78 is 13.1. The molecule has 2 aliphatic carbocycles. The lowest BCUT2D eigenvalue weighted by molar-refractivity contribution is 0.548. The number of benzene rings is 6. The third-order valence-corrected chi connectivity index (χ3v) is 10.6. The summed E-state index contributed by atoms with van der Waals surface area (Å²) in [6.45, 7) is 4.55. The molecule has 0 fully saturated rings. The van der Waals surface area contributed by atoms with Crippen molar-refractivity contribution in [3.63, 3.8) is 0 Å². The summed E-state index contributed by atoms with van der Waals surface area (Å²) in [6, 6.07) is 44.6. The molecule has 10 rings (SSSR count). The first-order valence-corrected chi connectivity index (χ1v) is 18.2. The Morgan fingerprint density at radius 2 is 1.43 bits per heavy atom. The van der Waals surface area contributed by atoms with Crippen molar-refractivity contribution in [1.29, 1.82) is 0 Å². The highest BCUT2D eigenvalue weighted by Gasteiger charge is 2.27. The molecule has 0 saturated heterocycles. The second-order valence-corrected chi connectivity index (χ2v) is 13.8. The summed E-state index contributed by atoms with van der Waals surface area (Å²) in [5.41, 5.74) is 9.44. The van der Waals surface area contributed by atoms with E-state index in [2.05, 4.69) is 121 Å². The van der Waals surface area contributed by atoms with Crippen LogP contribution in [-0.4, -0.2) is 18.4 Å². The van der Waals surface area contributed by atoms with Gasteiger partial charge in [0.1, 0.15) is 22.7 Å². The van der Waals surface area contributed by atoms with Crippen molar-refractivity contribution in [3.8, 4) is 11.1 Å². The fourth-order valence-electron chi connectivity index (χ4n) is 8.09. The summed E-state index contributed by atoms with van der Waals surface area (Å²) in [5.74, 6) is 3.00. The average Bonchev–Trinajstić information content (AvgIpc) is 3.79. The van der Waals surface area contributed by atoms with Crippen molar-refractivity contribution >= 4 is 73.5 Å². The van der Waals surface area contributed by atoms with E-state index in [0.717, 1.165) is 92.4 Å². The van der Waals surface area contributed by atoms with Crippen LogP contribution in [0, 0.1) is 0 Å². The molecular weight excluding hydrogens is 651 g/mol. The van der Waals surface area contributed by atoms with E-state index in [9.17, 15) is 0 Å². The molecule has 0 radical (unpaired) electrons. The van der Waals surface area contributed by atoms with E-state index < -0.39 is 0 Å². The molecule has 254 valence electrons. The van der Waals surface area contributed by atoms with Gasteiger partial charge in [-0.3, -0.25) is 4.99 Å². The lowest BCUT2D eigenvalue weighted by Crippen LogP contribution is -2.12. The SMILES string of the molecule is C=N/C(=N\C(=N/Cc1ccccc1)C1=Cc2oc3ccccc3c2CC1)C1=CCCc2oc3c(cc(-c4ccc5ccccc5c4)c4ccccc43)c21. The molecular formula is C48H35N3O2. The van der Waals surface area contributed by atoms with Crippen molar-refractivity contribution in [1.82, 2.24) is 0 Å². The number of hydrogen-bond acceptors (Lipinski definition) is 3. The number of furan rings is 2. The van der Waals surface area contributed by atoms with Gasteiger partial charge in [-0.15, -0.1) is 0 Å². The molecule has 0 aliphatic heterocycles. The Hall–Kier alpha value is -6.59. The molecule has 0 atom stereocenters. The standard InChI is InChI=1S/C48H35N3O2/c1-49-48(51-47(50-29-30-12-3-2-4-13-30)34-24-25-37-36-17-9-10-20-42(36)52-44(37)27-34)39-19-11-21-43-45(39)41-28-40(35-16-7-8-18-38(35)46(41)53-43)33-23-22-31-14-5-6-15-32(31)26-33/h2-10,12-20,22-23,26-28H,1,11,21,24-25,29H2/b50-47-,51-48-. The van der Waals surface area contributed by atoms with Gasteiger partial charge in [-0.2, -0.15) is 0 Å². The molecule has 0 bridgehead atoms. The van der Waals surface area contributed by atoms with Crippen molar-refractivity contribution in [2.24, 2.45) is 15.0 Å². The average molecular weight is 686 g/mol. The number of aliphatic imine (C=N–C) groups is 3. The van der Waals surface area contributed by atoms with Crippen LogP contribution in [0.25, 0.3) is 66.3 Å². The molecule has 5 nitrogen and oxygen atoms in total. The second-order valence-electron chi connectivity index (χ2n) is 13.8. The number of amidine groups is 2. The lowest BCUT2D eigenvalue weighted by Gasteiger charge is -2.16. The molecule has 0 N–H and O–H groups in total. The van der Waals surface area contributed by atoms with Crippen LogP contribution in [0.5, 0.6) is 0 Å². The molecule has 2 aromatic heterocycles. The first kappa shape index (κ1) is 31.2. The van der Waals surface area contributed by atoms with E-state index in [0.29, 0.717) is 18.2 Å². The molecule has 2 heterocycles. The molecule has 0 unspecified atom stereocenters. The first-order valence-electron chi connectivity index (χ1n) is 18.2. The van der Waals surface area contributed by atoms with Crippen LogP contribution in [0.15, 0.2) is 163 Å². The molecule has 53 heavy (non-hydrogen) atoms. The normalized spacial score (nSPS) is 14.7. The molecule has 0 spiro atoms. The maximum Gasteiger partial charge on any atom is 0.161 e. The van der Waals surface area contributed by atoms with E-state index >= 15 is 0 Å². The number of hydrogen-bond donors (Lipinski definition) is 0. The highest BCUT2D eigenvalue weighted by atomic mass is 16.3. The summed E-state index contributed by atoms with van der Waals surface area (Å²) in [6.07, 6.45) is 7.59. The predicted octanol–water partition coefficient (Wildman–Crippen LogP) is 12.2. The first-order chi connectivity index (χ1) is 26.2. The highest BCUT2D eigenvalue weighted by Crippen LogP contribution is 2.44. The predicted molar refractivity (Wildman–Crippen MR) is 220 cm³/mol. The topological polar surface area (TPSA) is 63.4 Å². The van der Waals surface area contributed by atoms with Gasteiger partial charge in [0.15, 0.2) is 11.7 Å². The minimum absolute atomic E-state index is 0.495. The highest BCUT2D eigenvalue weighted by molar-refractivity contribution is 6.31. The Labute approximate surface area is 307 Å². The lowest BCUT2D eigenvalue weighted by atomic mass is 9.89. The van der Waals surface area contributed by atoms with E-state index in [1.165, 1.54) is 27.3 Å². The molecule has 6 aromatic carbocycles. The smallest absolute Gasteiger partial charge is 0.161 e.